The van der Waals surface area contributed by atoms with Crippen molar-refractivity contribution in [3.63, 3.8) is 0 Å². The van der Waals surface area contributed by atoms with Crippen LogP contribution in [0.2, 0.25) is 0 Å². The van der Waals surface area contributed by atoms with Crippen molar-refractivity contribution < 1.29 is 19.4 Å². The maximum atomic E-state index is 12.4. The van der Waals surface area contributed by atoms with Gasteiger partial charge in [-0.25, -0.2) is 0 Å². The van der Waals surface area contributed by atoms with E-state index in [2.05, 4.69) is 5.32 Å². The molecule has 1 fully saturated rings. The third-order valence-corrected chi connectivity index (χ3v) is 4.01. The lowest BCUT2D eigenvalue weighted by Crippen LogP contribution is -2.51. The van der Waals surface area contributed by atoms with Crippen LogP contribution in [0.3, 0.4) is 0 Å². The summed E-state index contributed by atoms with van der Waals surface area (Å²) >= 11 is 0. The zero-order valence-corrected chi connectivity index (χ0v) is 12.2. The van der Waals surface area contributed by atoms with Gasteiger partial charge >= 0.3 is 5.97 Å². The first-order valence-corrected chi connectivity index (χ1v) is 7.23. The first-order valence-electron chi connectivity index (χ1n) is 7.23. The molecule has 0 unspecified atom stereocenters. The Morgan fingerprint density at radius 1 is 1.29 bits per heavy atom. The largest absolute Gasteiger partial charge is 0.497 e. The topological polar surface area (TPSA) is 75.6 Å². The minimum atomic E-state index is -0.872. The number of nitrogens with one attached hydrogen (secondary N) is 1. The number of carboxylic acids is 1. The molecule has 5 heteroatoms. The van der Waals surface area contributed by atoms with E-state index in [9.17, 15) is 9.59 Å². The highest BCUT2D eigenvalue weighted by Crippen LogP contribution is 2.31. The Balaban J connectivity index is 2.15. The molecule has 0 heterocycles. The van der Waals surface area contributed by atoms with Gasteiger partial charge in [0.15, 0.2) is 0 Å². The zero-order valence-electron chi connectivity index (χ0n) is 12.2. The number of aliphatic carboxylic acids is 1. The lowest BCUT2D eigenvalue weighted by molar-refractivity contribution is -0.139. The quantitative estimate of drug-likeness (QED) is 0.874. The first-order chi connectivity index (χ1) is 10.0. The molecule has 1 aromatic carbocycles. The number of amides is 1. The van der Waals surface area contributed by atoms with E-state index in [4.69, 9.17) is 9.84 Å². The highest BCUT2D eigenvalue weighted by molar-refractivity contribution is 5.95. The average Bonchev–Trinajstić information content (AvgIpc) is 2.47. The van der Waals surface area contributed by atoms with Crippen LogP contribution < -0.4 is 10.1 Å². The van der Waals surface area contributed by atoms with Gasteiger partial charge in [-0.05, 0) is 31.0 Å². The average molecular weight is 291 g/mol. The van der Waals surface area contributed by atoms with E-state index >= 15 is 0 Å². The van der Waals surface area contributed by atoms with Gasteiger partial charge < -0.3 is 15.2 Å². The van der Waals surface area contributed by atoms with Crippen molar-refractivity contribution in [1.29, 1.82) is 0 Å². The van der Waals surface area contributed by atoms with Crippen LogP contribution in [0.15, 0.2) is 24.3 Å². The van der Waals surface area contributed by atoms with Gasteiger partial charge in [0.25, 0.3) is 5.91 Å². The molecule has 1 aliphatic carbocycles. The second kappa shape index (κ2) is 6.61. The smallest absolute Gasteiger partial charge is 0.305 e. The summed E-state index contributed by atoms with van der Waals surface area (Å²) in [5.74, 6) is -0.501. The molecule has 0 aliphatic heterocycles. The van der Waals surface area contributed by atoms with Crippen molar-refractivity contribution in [3.05, 3.63) is 29.8 Å². The fourth-order valence-corrected chi connectivity index (χ4v) is 2.94. The number of carbonyl (C=O) groups excluding carboxylic acids is 1. The molecule has 0 bridgehead atoms. The normalized spacial score (nSPS) is 17.0. The summed E-state index contributed by atoms with van der Waals surface area (Å²) in [4.78, 5) is 23.5. The fraction of sp³-hybridized carbons (Fsp3) is 0.500. The summed E-state index contributed by atoms with van der Waals surface area (Å²) in [6.07, 6.45) is 4.40. The van der Waals surface area contributed by atoms with Crippen molar-refractivity contribution in [2.75, 3.05) is 7.11 Å². The standard InChI is InChI=1S/C16H21NO4/c1-21-13-7-5-6-12(10-13)15(20)17-16(11-14(18)19)8-3-2-4-9-16/h5-7,10H,2-4,8-9,11H2,1H3,(H,17,20)(H,18,19). The Bertz CT molecular complexity index is 521. The molecule has 0 spiro atoms. The first kappa shape index (κ1) is 15.4. The van der Waals surface area contributed by atoms with Gasteiger partial charge in [0.05, 0.1) is 19.1 Å². The second-order valence-electron chi connectivity index (χ2n) is 5.60. The lowest BCUT2D eigenvalue weighted by atomic mass is 9.79. The summed E-state index contributed by atoms with van der Waals surface area (Å²) in [5, 5.41) is 12.1. The molecule has 5 nitrogen and oxygen atoms in total. The van der Waals surface area contributed by atoms with Crippen LogP contribution in [0.5, 0.6) is 5.75 Å². The molecular weight excluding hydrogens is 270 g/mol. The van der Waals surface area contributed by atoms with E-state index in [-0.39, 0.29) is 12.3 Å². The maximum Gasteiger partial charge on any atom is 0.305 e. The molecule has 0 aromatic heterocycles. The van der Waals surface area contributed by atoms with E-state index in [1.807, 2.05) is 0 Å². The Morgan fingerprint density at radius 2 is 2.00 bits per heavy atom. The third-order valence-electron chi connectivity index (χ3n) is 4.01. The van der Waals surface area contributed by atoms with E-state index in [1.165, 1.54) is 0 Å². The van der Waals surface area contributed by atoms with Gasteiger partial charge in [-0.1, -0.05) is 25.3 Å². The maximum absolute atomic E-state index is 12.4. The van der Waals surface area contributed by atoms with Gasteiger partial charge in [-0.3, -0.25) is 9.59 Å². The second-order valence-corrected chi connectivity index (χ2v) is 5.60. The molecule has 1 aliphatic rings. The monoisotopic (exact) mass is 291 g/mol. The number of carboxylic acid groups (broad SMARTS) is 1. The van der Waals surface area contributed by atoms with E-state index in [1.54, 1.807) is 31.4 Å². The Morgan fingerprint density at radius 3 is 2.62 bits per heavy atom. The highest BCUT2D eigenvalue weighted by atomic mass is 16.5. The third kappa shape index (κ3) is 3.97. The van der Waals surface area contributed by atoms with Gasteiger partial charge in [0, 0.05) is 5.56 Å². The Hall–Kier alpha value is -2.04. The Kier molecular flexibility index (Phi) is 4.83. The lowest BCUT2D eigenvalue weighted by Gasteiger charge is -2.37. The molecule has 0 atom stereocenters. The fourth-order valence-electron chi connectivity index (χ4n) is 2.94. The van der Waals surface area contributed by atoms with Crippen molar-refractivity contribution in [2.24, 2.45) is 0 Å². The highest BCUT2D eigenvalue weighted by Gasteiger charge is 2.36. The number of ether oxygens (including phenoxy) is 1. The van der Waals surface area contributed by atoms with Crippen LogP contribution in [0.25, 0.3) is 0 Å². The van der Waals surface area contributed by atoms with Gasteiger partial charge in [-0.15, -0.1) is 0 Å². The number of rotatable bonds is 5. The molecule has 2 N–H and O–H groups in total. The predicted octanol–water partition coefficient (Wildman–Crippen LogP) is 2.60. The van der Waals surface area contributed by atoms with Gasteiger partial charge in [-0.2, -0.15) is 0 Å². The Labute approximate surface area is 124 Å². The molecule has 2 rings (SSSR count). The van der Waals surface area contributed by atoms with Crippen molar-refractivity contribution in [1.82, 2.24) is 5.32 Å². The zero-order chi connectivity index (χ0) is 15.3. The van der Waals surface area contributed by atoms with E-state index in [0.29, 0.717) is 11.3 Å². The van der Waals surface area contributed by atoms with Crippen LogP contribution in [0, 0.1) is 0 Å². The number of benzene rings is 1. The summed E-state index contributed by atoms with van der Waals surface area (Å²) in [7, 11) is 1.55. The molecule has 0 radical (unpaired) electrons. The minimum Gasteiger partial charge on any atom is -0.497 e. The van der Waals surface area contributed by atoms with E-state index in [0.717, 1.165) is 32.1 Å². The number of methoxy groups -OCH3 is 1. The number of hydrogen-bond donors (Lipinski definition) is 2. The molecule has 1 aromatic rings. The molecule has 21 heavy (non-hydrogen) atoms. The van der Waals surface area contributed by atoms with Gasteiger partial charge in [0.1, 0.15) is 5.75 Å². The van der Waals surface area contributed by atoms with Crippen LogP contribution in [-0.4, -0.2) is 29.6 Å². The van der Waals surface area contributed by atoms with Crippen molar-refractivity contribution in [3.8, 4) is 5.75 Å². The van der Waals surface area contributed by atoms with Crippen LogP contribution >= 0.6 is 0 Å². The summed E-state index contributed by atoms with van der Waals surface area (Å²) < 4.78 is 5.11. The molecule has 1 amide bonds. The number of carbonyl (C=O) groups is 2. The summed E-state index contributed by atoms with van der Waals surface area (Å²) in [6.45, 7) is 0. The van der Waals surface area contributed by atoms with E-state index < -0.39 is 11.5 Å². The minimum absolute atomic E-state index is 0.0251. The SMILES string of the molecule is COc1cccc(C(=O)NC2(CC(=O)O)CCCCC2)c1. The molecular formula is C16H21NO4. The molecule has 1 saturated carbocycles. The van der Waals surface area contributed by atoms with Crippen LogP contribution in [-0.2, 0) is 4.79 Å². The molecule has 114 valence electrons. The van der Waals surface area contributed by atoms with Crippen molar-refractivity contribution in [2.45, 2.75) is 44.1 Å². The summed E-state index contributed by atoms with van der Waals surface area (Å²) in [5.41, 5.74) is -0.130. The van der Waals surface area contributed by atoms with Crippen LogP contribution in [0.1, 0.15) is 48.9 Å². The van der Waals surface area contributed by atoms with Gasteiger partial charge in [0.2, 0.25) is 0 Å². The van der Waals surface area contributed by atoms with Crippen LogP contribution in [0.4, 0.5) is 0 Å². The molecule has 0 saturated heterocycles. The summed E-state index contributed by atoms with van der Waals surface area (Å²) in [6, 6.07) is 6.88. The number of hydrogen-bond acceptors (Lipinski definition) is 3. The predicted molar refractivity (Wildman–Crippen MR) is 78.5 cm³/mol. The van der Waals surface area contributed by atoms with Crippen molar-refractivity contribution >= 4 is 11.9 Å².